The number of ketones is 1. The van der Waals surface area contributed by atoms with E-state index in [1.54, 1.807) is 0 Å². The first-order valence-electron chi connectivity index (χ1n) is 5.83. The van der Waals surface area contributed by atoms with Crippen LogP contribution in [0.5, 0.6) is 0 Å². The maximum atomic E-state index is 11.4. The van der Waals surface area contributed by atoms with Crippen molar-refractivity contribution in [2.45, 2.75) is 50.2 Å². The highest BCUT2D eigenvalue weighted by Gasteiger charge is 2.38. The molecule has 1 heterocycles. The molecule has 1 amide bonds. The van der Waals surface area contributed by atoms with E-state index in [4.69, 9.17) is 11.6 Å². The van der Waals surface area contributed by atoms with Gasteiger partial charge in [-0.3, -0.25) is 13.9 Å². The molecule has 0 aromatic carbocycles. The summed E-state index contributed by atoms with van der Waals surface area (Å²) in [5.74, 6) is -0.906. The van der Waals surface area contributed by atoms with Crippen LogP contribution in [0, 0.1) is 0 Å². The van der Waals surface area contributed by atoms with Gasteiger partial charge in [0.25, 0.3) is 5.78 Å². The van der Waals surface area contributed by atoms with Crippen molar-refractivity contribution in [3.63, 3.8) is 0 Å². The number of carbonyl (C=O) groups is 2. The van der Waals surface area contributed by atoms with Gasteiger partial charge in [-0.1, -0.05) is 50.6 Å². The van der Waals surface area contributed by atoms with Crippen molar-refractivity contribution in [2.24, 2.45) is 0 Å². The van der Waals surface area contributed by atoms with Gasteiger partial charge in [-0.25, -0.2) is 0 Å². The first-order chi connectivity index (χ1) is 7.66. The molecule has 92 valence electrons. The number of halogens is 1. The van der Waals surface area contributed by atoms with Gasteiger partial charge in [0, 0.05) is 6.54 Å². The molecular formula is C11H18ClNO2S. The Morgan fingerprint density at radius 2 is 1.81 bits per heavy atom. The highest BCUT2D eigenvalue weighted by molar-refractivity contribution is 8.01. The second-order valence-corrected chi connectivity index (χ2v) is 5.78. The molecule has 0 bridgehead atoms. The van der Waals surface area contributed by atoms with Gasteiger partial charge in [0.1, 0.15) is 0 Å². The van der Waals surface area contributed by atoms with Crippen molar-refractivity contribution in [3.8, 4) is 0 Å². The number of Topliss-reactive ketones (excluding diaryl/α,β-unsaturated/α-hetero) is 1. The van der Waals surface area contributed by atoms with Gasteiger partial charge in [0.05, 0.1) is 0 Å². The molecule has 1 saturated heterocycles. The number of amides is 1. The minimum atomic E-state index is -0.701. The van der Waals surface area contributed by atoms with Gasteiger partial charge in [0.15, 0.2) is 4.71 Å². The van der Waals surface area contributed by atoms with Gasteiger partial charge in [-0.2, -0.15) is 0 Å². The zero-order valence-corrected chi connectivity index (χ0v) is 11.1. The predicted octanol–water partition coefficient (Wildman–Crippen LogP) is 2.97. The van der Waals surface area contributed by atoms with Crippen molar-refractivity contribution in [1.29, 1.82) is 0 Å². The van der Waals surface area contributed by atoms with E-state index >= 15 is 0 Å². The standard InChI is InChI=1S/C11H18ClNO2S/c1-2-3-4-5-6-7-8-13-11(15)9(14)10(12)16-13/h10H,2-8H2,1H3. The molecule has 0 N–H and O–H groups in total. The van der Waals surface area contributed by atoms with Crippen molar-refractivity contribution < 1.29 is 9.59 Å². The van der Waals surface area contributed by atoms with E-state index in [9.17, 15) is 9.59 Å². The molecule has 0 aliphatic carbocycles. The summed E-state index contributed by atoms with van der Waals surface area (Å²) in [7, 11) is 0. The van der Waals surface area contributed by atoms with Crippen LogP contribution in [0.3, 0.4) is 0 Å². The molecule has 0 saturated carbocycles. The fourth-order valence-corrected chi connectivity index (χ4v) is 2.84. The summed E-state index contributed by atoms with van der Waals surface area (Å²) >= 11 is 6.83. The maximum Gasteiger partial charge on any atom is 0.302 e. The van der Waals surface area contributed by atoms with Crippen LogP contribution in [-0.2, 0) is 9.59 Å². The number of unbranched alkanes of at least 4 members (excludes halogenated alkanes) is 5. The lowest BCUT2D eigenvalue weighted by atomic mass is 10.1. The molecule has 1 rings (SSSR count). The third-order valence-electron chi connectivity index (χ3n) is 2.58. The molecule has 1 unspecified atom stereocenters. The third-order valence-corrected chi connectivity index (χ3v) is 4.02. The predicted molar refractivity (Wildman–Crippen MR) is 67.3 cm³/mol. The molecule has 0 spiro atoms. The average molecular weight is 264 g/mol. The SMILES string of the molecule is CCCCCCCCN1SC(Cl)C(=O)C1=O. The largest absolute Gasteiger partial charge is 0.302 e. The fraction of sp³-hybridized carbons (Fsp3) is 0.818. The summed E-state index contributed by atoms with van der Waals surface area (Å²) in [6.07, 6.45) is 7.06. The highest BCUT2D eigenvalue weighted by atomic mass is 35.5. The van der Waals surface area contributed by atoms with Crippen LogP contribution < -0.4 is 0 Å². The Morgan fingerprint density at radius 1 is 1.19 bits per heavy atom. The minimum Gasteiger partial charge on any atom is -0.286 e. The van der Waals surface area contributed by atoms with Crippen molar-refractivity contribution >= 4 is 35.2 Å². The van der Waals surface area contributed by atoms with Gasteiger partial charge >= 0.3 is 5.91 Å². The lowest BCUT2D eigenvalue weighted by molar-refractivity contribution is -0.139. The van der Waals surface area contributed by atoms with E-state index < -0.39 is 16.4 Å². The Hall–Kier alpha value is -0.220. The van der Waals surface area contributed by atoms with Gasteiger partial charge in [-0.15, -0.1) is 0 Å². The second-order valence-electron chi connectivity index (χ2n) is 3.96. The third kappa shape index (κ3) is 3.98. The minimum absolute atomic E-state index is 0.432. The molecule has 1 atom stereocenters. The van der Waals surface area contributed by atoms with E-state index in [0.717, 1.165) is 24.8 Å². The van der Waals surface area contributed by atoms with Gasteiger partial charge in [-0.05, 0) is 18.4 Å². The quantitative estimate of drug-likeness (QED) is 0.307. The first-order valence-corrected chi connectivity index (χ1v) is 7.10. The lowest BCUT2D eigenvalue weighted by Gasteiger charge is -2.12. The van der Waals surface area contributed by atoms with E-state index in [2.05, 4.69) is 6.92 Å². The van der Waals surface area contributed by atoms with Crippen molar-refractivity contribution in [3.05, 3.63) is 0 Å². The average Bonchev–Trinajstić information content (AvgIpc) is 2.51. The molecule has 0 aromatic heterocycles. The normalized spacial score (nSPS) is 20.9. The van der Waals surface area contributed by atoms with Crippen LogP contribution in [0.1, 0.15) is 45.4 Å². The Kier molecular flexibility index (Phi) is 6.21. The highest BCUT2D eigenvalue weighted by Crippen LogP contribution is 2.29. The molecular weight excluding hydrogens is 246 g/mol. The molecule has 0 aromatic rings. The molecule has 5 heteroatoms. The molecule has 3 nitrogen and oxygen atoms in total. The fourth-order valence-electron chi connectivity index (χ4n) is 1.62. The summed E-state index contributed by atoms with van der Waals surface area (Å²) in [5, 5.41) is 0. The van der Waals surface area contributed by atoms with E-state index in [1.165, 1.54) is 30.0 Å². The summed E-state index contributed by atoms with van der Waals surface area (Å²) in [4.78, 5) is 22.5. The Balaban J connectivity index is 2.10. The Morgan fingerprint density at radius 3 is 2.38 bits per heavy atom. The molecule has 16 heavy (non-hydrogen) atoms. The van der Waals surface area contributed by atoms with Crippen LogP contribution in [0.15, 0.2) is 0 Å². The molecule has 1 fully saturated rings. The van der Waals surface area contributed by atoms with E-state index in [-0.39, 0.29) is 0 Å². The molecule has 1 aliphatic rings. The van der Waals surface area contributed by atoms with Crippen LogP contribution in [0.4, 0.5) is 0 Å². The summed E-state index contributed by atoms with van der Waals surface area (Å²) < 4.78 is 0.799. The monoisotopic (exact) mass is 263 g/mol. The Bertz CT molecular complexity index is 260. The van der Waals surface area contributed by atoms with E-state index in [0.29, 0.717) is 6.54 Å². The second kappa shape index (κ2) is 7.17. The van der Waals surface area contributed by atoms with Gasteiger partial charge in [0.2, 0.25) is 0 Å². The van der Waals surface area contributed by atoms with Crippen molar-refractivity contribution in [1.82, 2.24) is 4.31 Å². The number of nitrogens with zero attached hydrogens (tertiary/aromatic N) is 1. The number of hydrogen-bond donors (Lipinski definition) is 0. The number of carbonyl (C=O) groups excluding carboxylic acids is 2. The summed E-state index contributed by atoms with van der Waals surface area (Å²) in [6.45, 7) is 2.83. The first kappa shape index (κ1) is 13.8. The molecule has 1 aliphatic heterocycles. The van der Waals surface area contributed by atoms with Crippen LogP contribution in [-0.4, -0.2) is 27.2 Å². The van der Waals surface area contributed by atoms with Crippen LogP contribution >= 0.6 is 23.5 Å². The summed E-state index contributed by atoms with van der Waals surface area (Å²) in [6, 6.07) is 0. The van der Waals surface area contributed by atoms with E-state index in [1.807, 2.05) is 0 Å². The lowest BCUT2D eigenvalue weighted by Crippen LogP contribution is -2.25. The topological polar surface area (TPSA) is 37.4 Å². The summed E-state index contributed by atoms with van der Waals surface area (Å²) in [5.41, 5.74) is 0. The van der Waals surface area contributed by atoms with Gasteiger partial charge < -0.3 is 0 Å². The smallest absolute Gasteiger partial charge is 0.286 e. The Labute approximate surface area is 106 Å². The van der Waals surface area contributed by atoms with Crippen LogP contribution in [0.25, 0.3) is 0 Å². The number of hydrogen-bond acceptors (Lipinski definition) is 3. The zero-order chi connectivity index (χ0) is 12.0. The maximum absolute atomic E-state index is 11.4. The van der Waals surface area contributed by atoms with Crippen LogP contribution in [0.2, 0.25) is 0 Å². The number of alkyl halides is 1. The van der Waals surface area contributed by atoms with Crippen molar-refractivity contribution in [2.75, 3.05) is 6.54 Å². The number of rotatable bonds is 7. The zero-order valence-electron chi connectivity index (χ0n) is 9.58. The molecule has 0 radical (unpaired) electrons.